The number of thiol groups is 1. The Morgan fingerprint density at radius 1 is 1.29 bits per heavy atom. The summed E-state index contributed by atoms with van der Waals surface area (Å²) >= 11 is 12.0. The van der Waals surface area contributed by atoms with Crippen LogP contribution in [0.5, 0.6) is 0 Å². The summed E-state index contributed by atoms with van der Waals surface area (Å²) in [5.41, 5.74) is 0.520. The average Bonchev–Trinajstić information content (AvgIpc) is 3.03. The van der Waals surface area contributed by atoms with Gasteiger partial charge in [0.15, 0.2) is 5.13 Å². The van der Waals surface area contributed by atoms with Crippen molar-refractivity contribution in [1.29, 1.82) is 0 Å². The number of hydrogen-bond donors (Lipinski definition) is 1. The molecule has 1 amide bonds. The van der Waals surface area contributed by atoms with E-state index < -0.39 is 0 Å². The van der Waals surface area contributed by atoms with Gasteiger partial charge in [0.2, 0.25) is 0 Å². The summed E-state index contributed by atoms with van der Waals surface area (Å²) in [4.78, 5) is 21.6. The number of amides is 1. The van der Waals surface area contributed by atoms with Gasteiger partial charge in [-0.25, -0.2) is 4.98 Å². The maximum Gasteiger partial charge on any atom is 0.255 e. The van der Waals surface area contributed by atoms with E-state index in [1.807, 2.05) is 10.3 Å². The first-order valence-corrected chi connectivity index (χ1v) is 8.28. The average molecular weight is 340 g/mol. The number of thiazole rings is 1. The zero-order valence-corrected chi connectivity index (χ0v) is 13.7. The first-order valence-electron chi connectivity index (χ1n) is 6.57. The molecular formula is C14H14ClN3OS2. The molecule has 0 aliphatic carbocycles. The molecule has 0 saturated carbocycles. The van der Waals surface area contributed by atoms with Crippen LogP contribution in [0.1, 0.15) is 10.4 Å². The van der Waals surface area contributed by atoms with Crippen LogP contribution in [0.3, 0.4) is 0 Å². The summed E-state index contributed by atoms with van der Waals surface area (Å²) in [5.74, 6) is -0.0327. The summed E-state index contributed by atoms with van der Waals surface area (Å²) in [6, 6.07) is 5.21. The quantitative estimate of drug-likeness (QED) is 0.854. The zero-order valence-electron chi connectivity index (χ0n) is 11.2. The van der Waals surface area contributed by atoms with Crippen LogP contribution in [-0.2, 0) is 0 Å². The van der Waals surface area contributed by atoms with Crippen LogP contribution in [-0.4, -0.2) is 42.0 Å². The van der Waals surface area contributed by atoms with Gasteiger partial charge in [0.1, 0.15) is 0 Å². The molecule has 1 fully saturated rings. The molecule has 0 unspecified atom stereocenters. The van der Waals surface area contributed by atoms with Crippen molar-refractivity contribution in [1.82, 2.24) is 9.88 Å². The number of hydrogen-bond acceptors (Lipinski definition) is 5. The van der Waals surface area contributed by atoms with Gasteiger partial charge in [-0.15, -0.1) is 24.0 Å². The molecule has 0 spiro atoms. The van der Waals surface area contributed by atoms with Crippen LogP contribution in [0.4, 0.5) is 5.13 Å². The van der Waals surface area contributed by atoms with Crippen molar-refractivity contribution in [3.8, 4) is 0 Å². The van der Waals surface area contributed by atoms with Crippen LogP contribution in [0, 0.1) is 0 Å². The Balaban J connectivity index is 1.69. The van der Waals surface area contributed by atoms with E-state index in [1.54, 1.807) is 35.7 Å². The fraction of sp³-hybridized carbons (Fsp3) is 0.286. The third-order valence-corrected chi connectivity index (χ3v) is 4.88. The lowest BCUT2D eigenvalue weighted by Crippen LogP contribution is -2.48. The Labute approximate surface area is 137 Å². The van der Waals surface area contributed by atoms with Crippen molar-refractivity contribution < 1.29 is 4.79 Å². The fourth-order valence-corrected chi connectivity index (χ4v) is 3.42. The number of benzene rings is 1. The van der Waals surface area contributed by atoms with E-state index >= 15 is 0 Å². The van der Waals surface area contributed by atoms with E-state index in [0.29, 0.717) is 23.7 Å². The second-order valence-corrected chi connectivity index (χ2v) is 6.55. The van der Waals surface area contributed by atoms with E-state index in [4.69, 9.17) is 11.6 Å². The van der Waals surface area contributed by atoms with Crippen molar-refractivity contribution in [2.24, 2.45) is 0 Å². The van der Waals surface area contributed by atoms with Crippen molar-refractivity contribution >= 4 is 46.6 Å². The summed E-state index contributed by atoms with van der Waals surface area (Å²) in [5, 5.41) is 3.45. The van der Waals surface area contributed by atoms with Crippen LogP contribution in [0.15, 0.2) is 34.7 Å². The highest BCUT2D eigenvalue weighted by Crippen LogP contribution is 2.23. The van der Waals surface area contributed by atoms with Crippen LogP contribution in [0.25, 0.3) is 0 Å². The number of piperazine rings is 1. The maximum absolute atomic E-state index is 12.5. The van der Waals surface area contributed by atoms with Gasteiger partial charge in [-0.3, -0.25) is 4.79 Å². The number of nitrogens with zero attached hydrogens (tertiary/aromatic N) is 3. The minimum Gasteiger partial charge on any atom is -0.345 e. The van der Waals surface area contributed by atoms with Crippen molar-refractivity contribution in [2.75, 3.05) is 31.1 Å². The molecule has 1 saturated heterocycles. The van der Waals surface area contributed by atoms with Crippen LogP contribution >= 0.6 is 35.6 Å². The highest BCUT2D eigenvalue weighted by molar-refractivity contribution is 7.80. The predicted octanol–water partition coefficient (Wildman–Crippen LogP) is 3.05. The minimum atomic E-state index is -0.0327. The molecule has 0 radical (unpaired) electrons. The van der Waals surface area contributed by atoms with E-state index in [2.05, 4.69) is 22.5 Å². The molecule has 3 rings (SSSR count). The van der Waals surface area contributed by atoms with Gasteiger partial charge in [0.05, 0.1) is 10.6 Å². The molecule has 0 bridgehead atoms. The third kappa shape index (κ3) is 3.17. The molecule has 1 aliphatic heterocycles. The van der Waals surface area contributed by atoms with Crippen LogP contribution < -0.4 is 4.90 Å². The Morgan fingerprint density at radius 3 is 2.71 bits per heavy atom. The zero-order chi connectivity index (χ0) is 14.8. The van der Waals surface area contributed by atoms with E-state index in [1.165, 1.54) is 0 Å². The normalized spacial score (nSPS) is 15.3. The van der Waals surface area contributed by atoms with Crippen molar-refractivity contribution in [3.63, 3.8) is 0 Å². The first-order chi connectivity index (χ1) is 10.1. The topological polar surface area (TPSA) is 36.4 Å². The smallest absolute Gasteiger partial charge is 0.255 e. The van der Waals surface area contributed by atoms with E-state index in [-0.39, 0.29) is 5.91 Å². The predicted molar refractivity (Wildman–Crippen MR) is 88.9 cm³/mol. The Morgan fingerprint density at radius 2 is 2.05 bits per heavy atom. The molecular weight excluding hydrogens is 326 g/mol. The van der Waals surface area contributed by atoms with E-state index in [0.717, 1.165) is 23.1 Å². The van der Waals surface area contributed by atoms with Gasteiger partial charge >= 0.3 is 0 Å². The largest absolute Gasteiger partial charge is 0.345 e. The minimum absolute atomic E-state index is 0.0327. The summed E-state index contributed by atoms with van der Waals surface area (Å²) in [6.45, 7) is 2.92. The lowest BCUT2D eigenvalue weighted by Gasteiger charge is -2.34. The SMILES string of the molecule is O=C(c1cc(S)ccc1Cl)N1CCN(c2nccs2)CC1. The maximum atomic E-state index is 12.5. The number of rotatable bonds is 2. The van der Waals surface area contributed by atoms with Gasteiger partial charge in [-0.1, -0.05) is 11.6 Å². The molecule has 7 heteroatoms. The van der Waals surface area contributed by atoms with Gasteiger partial charge in [0, 0.05) is 42.7 Å². The lowest BCUT2D eigenvalue weighted by atomic mass is 10.2. The second-order valence-electron chi connectivity index (χ2n) is 4.76. The lowest BCUT2D eigenvalue weighted by molar-refractivity contribution is 0.0746. The summed E-state index contributed by atoms with van der Waals surface area (Å²) < 4.78 is 0. The molecule has 1 aliphatic rings. The highest BCUT2D eigenvalue weighted by atomic mass is 35.5. The highest BCUT2D eigenvalue weighted by Gasteiger charge is 2.24. The molecule has 1 aromatic heterocycles. The molecule has 4 nitrogen and oxygen atoms in total. The summed E-state index contributed by atoms with van der Waals surface area (Å²) in [6.07, 6.45) is 1.80. The standard InChI is InChI=1S/C14H14ClN3OS2/c15-12-2-1-10(20)9-11(12)13(19)17-4-6-18(7-5-17)14-16-3-8-21-14/h1-3,8-9,20H,4-7H2. The molecule has 0 atom stereocenters. The Hall–Kier alpha value is -1.24. The second kappa shape index (κ2) is 6.25. The number of halogens is 1. The number of carbonyl (C=O) groups is 1. The number of carbonyl (C=O) groups excluding carboxylic acids is 1. The molecule has 110 valence electrons. The Bertz CT molecular complexity index is 640. The van der Waals surface area contributed by atoms with Crippen LogP contribution in [0.2, 0.25) is 5.02 Å². The number of anilines is 1. The molecule has 21 heavy (non-hydrogen) atoms. The molecule has 2 heterocycles. The molecule has 1 aromatic carbocycles. The third-order valence-electron chi connectivity index (χ3n) is 3.44. The fourth-order valence-electron chi connectivity index (χ4n) is 2.32. The molecule has 2 aromatic rings. The van der Waals surface area contributed by atoms with Gasteiger partial charge in [0.25, 0.3) is 5.91 Å². The number of aromatic nitrogens is 1. The summed E-state index contributed by atoms with van der Waals surface area (Å²) in [7, 11) is 0. The van der Waals surface area contributed by atoms with E-state index in [9.17, 15) is 4.79 Å². The Kier molecular flexibility index (Phi) is 4.37. The monoisotopic (exact) mass is 339 g/mol. The van der Waals surface area contributed by atoms with Gasteiger partial charge in [-0.2, -0.15) is 0 Å². The first kappa shape index (κ1) is 14.7. The molecule has 0 N–H and O–H groups in total. The van der Waals surface area contributed by atoms with Crippen molar-refractivity contribution in [2.45, 2.75) is 4.90 Å². The van der Waals surface area contributed by atoms with Gasteiger partial charge in [-0.05, 0) is 18.2 Å². The van der Waals surface area contributed by atoms with Crippen molar-refractivity contribution in [3.05, 3.63) is 40.4 Å². The van der Waals surface area contributed by atoms with Gasteiger partial charge < -0.3 is 9.80 Å².